The number of H-pyrrole nitrogens is 1. The van der Waals surface area contributed by atoms with Crippen molar-refractivity contribution in [3.63, 3.8) is 0 Å². The first-order chi connectivity index (χ1) is 17.2. The summed E-state index contributed by atoms with van der Waals surface area (Å²) < 4.78 is 34.1. The lowest BCUT2D eigenvalue weighted by molar-refractivity contribution is -0.130. The van der Waals surface area contributed by atoms with Gasteiger partial charge in [-0.3, -0.25) is 14.4 Å². The molecule has 2 aliphatic heterocycles. The molecule has 0 radical (unpaired) electrons. The normalized spacial score (nSPS) is 22.8. The van der Waals surface area contributed by atoms with E-state index in [2.05, 4.69) is 33.0 Å². The third-order valence-corrected chi connectivity index (χ3v) is 7.57. The molecule has 0 bridgehead atoms. The largest absolute Gasteiger partial charge is 0.376 e. The van der Waals surface area contributed by atoms with Crippen molar-refractivity contribution < 1.29 is 27.9 Å². The van der Waals surface area contributed by atoms with E-state index in [1.807, 2.05) is 4.57 Å². The van der Waals surface area contributed by atoms with Gasteiger partial charge in [0, 0.05) is 23.5 Å². The monoisotopic (exact) mass is 496 g/mol. The molecular formula is C24H22F2N6O4. The van der Waals surface area contributed by atoms with Crippen molar-refractivity contribution >= 4 is 23.3 Å². The van der Waals surface area contributed by atoms with Crippen LogP contribution in [0.3, 0.4) is 0 Å². The van der Waals surface area contributed by atoms with E-state index >= 15 is 0 Å². The molecule has 12 heteroatoms. The summed E-state index contributed by atoms with van der Waals surface area (Å²) in [4.78, 5) is 39.9. The SMILES string of the molecule is Cc1c(C(=O)C(=O)NC2(c3cn[nH]n3)COC2)c2n(c1C(=O)Nc1ccc(F)c(F)c1)[C@@H]1[C@H](C)[C@@H]1C2. The van der Waals surface area contributed by atoms with Crippen LogP contribution in [0.25, 0.3) is 0 Å². The summed E-state index contributed by atoms with van der Waals surface area (Å²) in [7, 11) is 0. The molecule has 3 aliphatic rings. The maximum Gasteiger partial charge on any atom is 0.293 e. The van der Waals surface area contributed by atoms with Crippen LogP contribution in [0.2, 0.25) is 0 Å². The summed E-state index contributed by atoms with van der Waals surface area (Å²) in [6.45, 7) is 3.98. The van der Waals surface area contributed by atoms with Gasteiger partial charge < -0.3 is 19.9 Å². The zero-order chi connectivity index (χ0) is 25.4. The molecule has 3 atom stereocenters. The summed E-state index contributed by atoms with van der Waals surface area (Å²) in [5.74, 6) is -3.68. The Balaban J connectivity index is 1.33. The number of rotatable bonds is 6. The zero-order valence-electron chi connectivity index (χ0n) is 19.4. The van der Waals surface area contributed by atoms with Crippen molar-refractivity contribution in [1.29, 1.82) is 0 Å². The molecule has 6 rings (SSSR count). The minimum atomic E-state index is -1.09. The molecule has 2 amide bonds. The van der Waals surface area contributed by atoms with Crippen molar-refractivity contribution in [3.05, 3.63) is 64.2 Å². The van der Waals surface area contributed by atoms with E-state index in [4.69, 9.17) is 4.74 Å². The summed E-state index contributed by atoms with van der Waals surface area (Å²) in [6, 6.07) is 3.11. The maximum absolute atomic E-state index is 13.7. The lowest BCUT2D eigenvalue weighted by Gasteiger charge is -2.39. The molecule has 1 aliphatic carbocycles. The van der Waals surface area contributed by atoms with Gasteiger partial charge in [-0.05, 0) is 42.9 Å². The Morgan fingerprint density at radius 2 is 2.00 bits per heavy atom. The van der Waals surface area contributed by atoms with Crippen LogP contribution in [0.4, 0.5) is 14.5 Å². The van der Waals surface area contributed by atoms with E-state index in [9.17, 15) is 23.2 Å². The molecule has 2 aromatic heterocycles. The Labute approximate surface area is 203 Å². The standard InChI is InChI=1S/C24H22F2N6O4/c1-10-13-6-16-18(21(33)23(35)29-24(8-36-9-24)17-7-27-31-30-17)11(2)20(32(16)19(10)13)22(34)28-12-3-4-14(25)15(26)5-12/h3-5,7,10,13,19H,6,8-9H2,1-2H3,(H,28,34)(H,29,35)(H,27,30,31)/t10-,13+,19-/m1/s1. The predicted molar refractivity (Wildman–Crippen MR) is 120 cm³/mol. The Kier molecular flexibility index (Phi) is 4.87. The molecular weight excluding hydrogens is 474 g/mol. The predicted octanol–water partition coefficient (Wildman–Crippen LogP) is 2.03. The summed E-state index contributed by atoms with van der Waals surface area (Å²) in [5.41, 5.74) is 1.01. The smallest absolute Gasteiger partial charge is 0.293 e. The highest BCUT2D eigenvalue weighted by atomic mass is 19.2. The second-order valence-corrected chi connectivity index (χ2v) is 9.68. The van der Waals surface area contributed by atoms with Gasteiger partial charge in [0.25, 0.3) is 17.6 Å². The molecule has 3 N–H and O–H groups in total. The molecule has 186 valence electrons. The molecule has 0 spiro atoms. The highest BCUT2D eigenvalue weighted by molar-refractivity contribution is 6.44. The number of carbonyl (C=O) groups is 3. The summed E-state index contributed by atoms with van der Waals surface area (Å²) in [6.07, 6.45) is 2.03. The van der Waals surface area contributed by atoms with Gasteiger partial charge in [0.1, 0.15) is 16.9 Å². The van der Waals surface area contributed by atoms with E-state index in [0.29, 0.717) is 29.3 Å². The Morgan fingerprint density at radius 1 is 1.22 bits per heavy atom. The number of aromatic amines is 1. The van der Waals surface area contributed by atoms with Gasteiger partial charge in [-0.2, -0.15) is 15.4 Å². The molecule has 1 saturated carbocycles. The third kappa shape index (κ3) is 3.20. The van der Waals surface area contributed by atoms with Crippen LogP contribution >= 0.6 is 0 Å². The van der Waals surface area contributed by atoms with Gasteiger partial charge >= 0.3 is 0 Å². The number of ether oxygens (including phenoxy) is 1. The number of fused-ring (bicyclic) bond motifs is 3. The number of nitrogens with one attached hydrogen (secondary N) is 3. The number of benzene rings is 1. The van der Waals surface area contributed by atoms with Crippen LogP contribution in [-0.2, 0) is 21.5 Å². The quantitative estimate of drug-likeness (QED) is 0.354. The molecule has 0 unspecified atom stereocenters. The number of nitrogens with zero attached hydrogens (tertiary/aromatic N) is 3. The minimum Gasteiger partial charge on any atom is -0.376 e. The summed E-state index contributed by atoms with van der Waals surface area (Å²) in [5, 5.41) is 15.6. The Hall–Kier alpha value is -3.93. The highest BCUT2D eigenvalue weighted by Gasteiger charge is 2.56. The number of amides is 2. The third-order valence-electron chi connectivity index (χ3n) is 7.57. The van der Waals surface area contributed by atoms with Crippen LogP contribution in [-0.4, -0.2) is 50.8 Å². The van der Waals surface area contributed by atoms with Crippen molar-refractivity contribution in [1.82, 2.24) is 25.3 Å². The number of Topliss-reactive ketones (excluding diaryl/α,β-unsaturated/α-hetero) is 1. The molecule has 1 aromatic carbocycles. The van der Waals surface area contributed by atoms with Crippen LogP contribution < -0.4 is 10.6 Å². The minimum absolute atomic E-state index is 0.0375. The fourth-order valence-corrected chi connectivity index (χ4v) is 5.53. The first-order valence-electron chi connectivity index (χ1n) is 11.5. The van der Waals surface area contributed by atoms with Gasteiger partial charge in [0.2, 0.25) is 0 Å². The molecule has 1 saturated heterocycles. The maximum atomic E-state index is 13.7. The molecule has 4 heterocycles. The van der Waals surface area contributed by atoms with Crippen molar-refractivity contribution in [2.45, 2.75) is 31.8 Å². The zero-order valence-corrected chi connectivity index (χ0v) is 19.4. The second kappa shape index (κ2) is 7.79. The fraction of sp³-hybridized carbons (Fsp3) is 0.375. The van der Waals surface area contributed by atoms with E-state index in [1.54, 1.807) is 6.92 Å². The fourth-order valence-electron chi connectivity index (χ4n) is 5.53. The first kappa shape index (κ1) is 22.5. The van der Waals surface area contributed by atoms with Gasteiger partial charge in [0.15, 0.2) is 11.6 Å². The number of hydrogen-bond acceptors (Lipinski definition) is 6. The molecule has 36 heavy (non-hydrogen) atoms. The number of aromatic nitrogens is 4. The highest BCUT2D eigenvalue weighted by Crippen LogP contribution is 2.59. The van der Waals surface area contributed by atoms with Crippen LogP contribution in [0.5, 0.6) is 0 Å². The number of anilines is 1. The molecule has 10 nitrogen and oxygen atoms in total. The van der Waals surface area contributed by atoms with E-state index in [1.165, 1.54) is 12.3 Å². The molecule has 3 aromatic rings. The van der Waals surface area contributed by atoms with Crippen LogP contribution in [0, 0.1) is 30.4 Å². The van der Waals surface area contributed by atoms with Crippen LogP contribution in [0.15, 0.2) is 24.4 Å². The van der Waals surface area contributed by atoms with Gasteiger partial charge in [-0.15, -0.1) is 0 Å². The van der Waals surface area contributed by atoms with Gasteiger partial charge in [-0.1, -0.05) is 6.92 Å². The van der Waals surface area contributed by atoms with Crippen molar-refractivity contribution in [3.8, 4) is 0 Å². The average molecular weight is 496 g/mol. The number of carbonyl (C=O) groups excluding carboxylic acids is 3. The topological polar surface area (TPSA) is 131 Å². The second-order valence-electron chi connectivity index (χ2n) is 9.68. The van der Waals surface area contributed by atoms with E-state index in [0.717, 1.165) is 12.1 Å². The summed E-state index contributed by atoms with van der Waals surface area (Å²) >= 11 is 0. The lowest BCUT2D eigenvalue weighted by atomic mass is 9.92. The van der Waals surface area contributed by atoms with Crippen molar-refractivity contribution in [2.24, 2.45) is 11.8 Å². The Morgan fingerprint density at radius 3 is 2.64 bits per heavy atom. The Bertz CT molecular complexity index is 1430. The van der Waals surface area contributed by atoms with E-state index in [-0.39, 0.29) is 42.1 Å². The average Bonchev–Trinajstić information content (AvgIpc) is 3.24. The van der Waals surface area contributed by atoms with Gasteiger partial charge in [0.05, 0.1) is 25.0 Å². The number of halogens is 2. The van der Waals surface area contributed by atoms with Crippen LogP contribution in [0.1, 0.15) is 50.8 Å². The molecule has 2 fully saturated rings. The first-order valence-corrected chi connectivity index (χ1v) is 11.5. The number of ketones is 1. The van der Waals surface area contributed by atoms with E-state index < -0.39 is 34.8 Å². The van der Waals surface area contributed by atoms with Gasteiger partial charge in [-0.25, -0.2) is 8.78 Å². The lowest BCUT2D eigenvalue weighted by Crippen LogP contribution is -2.60. The number of hydrogen-bond donors (Lipinski definition) is 3. The van der Waals surface area contributed by atoms with Crippen molar-refractivity contribution in [2.75, 3.05) is 18.5 Å².